The summed E-state index contributed by atoms with van der Waals surface area (Å²) in [5.41, 5.74) is 5.63. The van der Waals surface area contributed by atoms with E-state index in [1.807, 2.05) is 0 Å². The molecule has 0 aliphatic rings. The first kappa shape index (κ1) is 13.0. The van der Waals surface area contributed by atoms with Crippen LogP contribution < -0.4 is 11.1 Å². The minimum absolute atomic E-state index is 0.0455. The summed E-state index contributed by atoms with van der Waals surface area (Å²) < 4.78 is 18.4. The zero-order valence-corrected chi connectivity index (χ0v) is 10.3. The number of nitrogen functional groups attached to an aromatic ring is 1. The molecule has 1 amide bonds. The molecule has 0 aliphatic carbocycles. The van der Waals surface area contributed by atoms with Crippen LogP contribution in [0.1, 0.15) is 22.1 Å². The maximum absolute atomic E-state index is 13.5. The van der Waals surface area contributed by atoms with E-state index in [-0.39, 0.29) is 17.8 Å². The van der Waals surface area contributed by atoms with Gasteiger partial charge in [0.2, 0.25) is 5.89 Å². The molecule has 2 aromatic rings. The zero-order chi connectivity index (χ0) is 13.8. The molecule has 1 aromatic carbocycles. The van der Waals surface area contributed by atoms with Crippen molar-refractivity contribution in [3.8, 4) is 0 Å². The summed E-state index contributed by atoms with van der Waals surface area (Å²) in [4.78, 5) is 15.7. The lowest BCUT2D eigenvalue weighted by atomic mass is 10.2. The number of benzene rings is 1. The van der Waals surface area contributed by atoms with Gasteiger partial charge < -0.3 is 15.6 Å². The van der Waals surface area contributed by atoms with Crippen molar-refractivity contribution in [2.75, 3.05) is 12.3 Å². The van der Waals surface area contributed by atoms with Gasteiger partial charge in [-0.2, -0.15) is 4.98 Å². The van der Waals surface area contributed by atoms with E-state index in [1.54, 1.807) is 6.92 Å². The quantitative estimate of drug-likeness (QED) is 0.805. The minimum Gasteiger partial charge on any atom is -0.399 e. The number of rotatable bonds is 4. The first-order valence-corrected chi connectivity index (χ1v) is 5.68. The molecule has 1 heterocycles. The number of amides is 1. The van der Waals surface area contributed by atoms with Crippen LogP contribution >= 0.6 is 0 Å². The van der Waals surface area contributed by atoms with Crippen LogP contribution in [0.4, 0.5) is 10.1 Å². The molecule has 6 nitrogen and oxygen atoms in total. The van der Waals surface area contributed by atoms with Crippen LogP contribution in [0.5, 0.6) is 0 Å². The van der Waals surface area contributed by atoms with Crippen molar-refractivity contribution in [3.63, 3.8) is 0 Å². The molecular weight excluding hydrogens is 251 g/mol. The van der Waals surface area contributed by atoms with Crippen molar-refractivity contribution in [2.24, 2.45) is 0 Å². The van der Waals surface area contributed by atoms with Gasteiger partial charge >= 0.3 is 0 Å². The summed E-state index contributed by atoms with van der Waals surface area (Å²) in [5, 5.41) is 6.19. The van der Waals surface area contributed by atoms with Gasteiger partial charge in [-0.15, -0.1) is 0 Å². The van der Waals surface area contributed by atoms with Crippen LogP contribution in [-0.4, -0.2) is 22.6 Å². The third-order valence-electron chi connectivity index (χ3n) is 2.43. The molecule has 0 bridgehead atoms. The van der Waals surface area contributed by atoms with Crippen LogP contribution in [0.25, 0.3) is 0 Å². The standard InChI is InChI=1S/C12H13FN4O2/c1-7-16-11(19-17-7)4-5-15-12(18)9-3-2-8(14)6-10(9)13/h2-3,6H,4-5,14H2,1H3,(H,15,18). The number of nitrogens with two attached hydrogens (primary N) is 1. The molecule has 0 fully saturated rings. The number of hydrogen-bond donors (Lipinski definition) is 2. The van der Waals surface area contributed by atoms with Crippen molar-refractivity contribution < 1.29 is 13.7 Å². The number of nitrogens with one attached hydrogen (secondary N) is 1. The highest BCUT2D eigenvalue weighted by atomic mass is 19.1. The summed E-state index contributed by atoms with van der Waals surface area (Å²) >= 11 is 0. The Morgan fingerprint density at radius 1 is 1.53 bits per heavy atom. The lowest BCUT2D eigenvalue weighted by Crippen LogP contribution is -2.26. The number of aryl methyl sites for hydroxylation is 1. The first-order valence-electron chi connectivity index (χ1n) is 5.68. The Bertz CT molecular complexity index is 597. The summed E-state index contributed by atoms with van der Waals surface area (Å²) in [6.07, 6.45) is 0.392. The van der Waals surface area contributed by atoms with E-state index in [9.17, 15) is 9.18 Å². The van der Waals surface area contributed by atoms with Crippen LogP contribution in [-0.2, 0) is 6.42 Å². The van der Waals surface area contributed by atoms with Gasteiger partial charge in [0.1, 0.15) is 5.82 Å². The van der Waals surface area contributed by atoms with Gasteiger partial charge in [0.05, 0.1) is 5.56 Å². The zero-order valence-electron chi connectivity index (χ0n) is 10.3. The highest BCUT2D eigenvalue weighted by Gasteiger charge is 2.11. The van der Waals surface area contributed by atoms with Crippen molar-refractivity contribution in [1.29, 1.82) is 0 Å². The van der Waals surface area contributed by atoms with Crippen LogP contribution in [0.15, 0.2) is 22.7 Å². The number of aromatic nitrogens is 2. The molecule has 100 valence electrons. The van der Waals surface area contributed by atoms with Gasteiger partial charge in [-0.25, -0.2) is 4.39 Å². The third kappa shape index (κ3) is 3.27. The Morgan fingerprint density at radius 2 is 2.32 bits per heavy atom. The van der Waals surface area contributed by atoms with Gasteiger partial charge in [-0.3, -0.25) is 4.79 Å². The Hall–Kier alpha value is -2.44. The predicted octanol–water partition coefficient (Wildman–Crippen LogP) is 1.07. The van der Waals surface area contributed by atoms with Gasteiger partial charge in [0.15, 0.2) is 5.82 Å². The van der Waals surface area contributed by atoms with Crippen molar-refractivity contribution in [1.82, 2.24) is 15.5 Å². The Balaban J connectivity index is 1.90. The minimum atomic E-state index is -0.647. The van der Waals surface area contributed by atoms with Crippen molar-refractivity contribution in [2.45, 2.75) is 13.3 Å². The van der Waals surface area contributed by atoms with E-state index in [0.29, 0.717) is 18.1 Å². The fourth-order valence-corrected chi connectivity index (χ4v) is 1.54. The lowest BCUT2D eigenvalue weighted by molar-refractivity contribution is 0.0949. The highest BCUT2D eigenvalue weighted by Crippen LogP contribution is 2.11. The number of nitrogens with zero attached hydrogens (tertiary/aromatic N) is 2. The van der Waals surface area contributed by atoms with E-state index < -0.39 is 11.7 Å². The normalized spacial score (nSPS) is 10.4. The number of anilines is 1. The van der Waals surface area contributed by atoms with Gasteiger partial charge in [-0.05, 0) is 25.1 Å². The molecule has 0 unspecified atom stereocenters. The van der Waals surface area contributed by atoms with Crippen LogP contribution in [0.2, 0.25) is 0 Å². The third-order valence-corrected chi connectivity index (χ3v) is 2.43. The van der Waals surface area contributed by atoms with Crippen molar-refractivity contribution in [3.05, 3.63) is 41.3 Å². The molecule has 19 heavy (non-hydrogen) atoms. The molecule has 2 rings (SSSR count). The Morgan fingerprint density at radius 3 is 2.95 bits per heavy atom. The molecule has 0 radical (unpaired) electrons. The molecule has 7 heteroatoms. The smallest absolute Gasteiger partial charge is 0.254 e. The average Bonchev–Trinajstić information content (AvgIpc) is 2.75. The van der Waals surface area contributed by atoms with E-state index >= 15 is 0 Å². The summed E-state index contributed by atoms with van der Waals surface area (Å²) in [6.45, 7) is 1.99. The SMILES string of the molecule is Cc1noc(CCNC(=O)c2ccc(N)cc2F)n1. The molecular formula is C12H13FN4O2. The topological polar surface area (TPSA) is 94.0 Å². The number of halogens is 1. The second-order valence-electron chi connectivity index (χ2n) is 3.98. The molecule has 1 aromatic heterocycles. The van der Waals surface area contributed by atoms with E-state index in [1.165, 1.54) is 12.1 Å². The Labute approximate surface area is 108 Å². The van der Waals surface area contributed by atoms with Crippen molar-refractivity contribution >= 4 is 11.6 Å². The van der Waals surface area contributed by atoms with E-state index in [0.717, 1.165) is 6.07 Å². The van der Waals surface area contributed by atoms with Crippen LogP contribution in [0, 0.1) is 12.7 Å². The second kappa shape index (κ2) is 5.47. The fraction of sp³-hybridized carbons (Fsp3) is 0.250. The molecule has 0 saturated heterocycles. The number of hydrogen-bond acceptors (Lipinski definition) is 5. The maximum Gasteiger partial charge on any atom is 0.254 e. The van der Waals surface area contributed by atoms with Gasteiger partial charge in [0.25, 0.3) is 5.91 Å². The van der Waals surface area contributed by atoms with Gasteiger partial charge in [0, 0.05) is 18.7 Å². The molecule has 0 saturated carbocycles. The number of carbonyl (C=O) groups excluding carboxylic acids is 1. The summed E-state index contributed by atoms with van der Waals surface area (Å²) in [6, 6.07) is 3.92. The number of carbonyl (C=O) groups is 1. The van der Waals surface area contributed by atoms with E-state index in [4.69, 9.17) is 10.3 Å². The lowest BCUT2D eigenvalue weighted by Gasteiger charge is -2.05. The first-order chi connectivity index (χ1) is 9.06. The highest BCUT2D eigenvalue weighted by molar-refractivity contribution is 5.94. The average molecular weight is 264 g/mol. The van der Waals surface area contributed by atoms with Gasteiger partial charge in [-0.1, -0.05) is 5.16 Å². The largest absolute Gasteiger partial charge is 0.399 e. The summed E-state index contributed by atoms with van der Waals surface area (Å²) in [5.74, 6) is -0.193. The monoisotopic (exact) mass is 264 g/mol. The summed E-state index contributed by atoms with van der Waals surface area (Å²) in [7, 11) is 0. The Kier molecular flexibility index (Phi) is 3.74. The fourth-order valence-electron chi connectivity index (χ4n) is 1.54. The maximum atomic E-state index is 13.5. The van der Waals surface area contributed by atoms with E-state index in [2.05, 4.69) is 15.5 Å². The molecule has 0 atom stereocenters. The molecule has 0 spiro atoms. The van der Waals surface area contributed by atoms with Crippen LogP contribution in [0.3, 0.4) is 0 Å². The second-order valence-corrected chi connectivity index (χ2v) is 3.98. The molecule has 0 aliphatic heterocycles. The molecule has 3 N–H and O–H groups in total. The predicted molar refractivity (Wildman–Crippen MR) is 65.9 cm³/mol.